The van der Waals surface area contributed by atoms with E-state index in [1.54, 1.807) is 11.3 Å². The van der Waals surface area contributed by atoms with Crippen LogP contribution in [0.5, 0.6) is 0 Å². The molecule has 2 aromatic heterocycles. The standard InChI is InChI=1S/C16H23N5OS/c1-10(2)19-16(22)12-5-21(7-14-11(3)18-9-23-14)6-13-15(12)20(4)8-17-13/h8-10,12H,5-7H2,1-4H3,(H,19,22)/t12-/m1/s1. The zero-order valence-electron chi connectivity index (χ0n) is 14.0. The van der Waals surface area contributed by atoms with Gasteiger partial charge < -0.3 is 9.88 Å². The molecule has 6 nitrogen and oxygen atoms in total. The Hall–Kier alpha value is -1.73. The number of nitrogens with one attached hydrogen (secondary N) is 1. The van der Waals surface area contributed by atoms with Gasteiger partial charge in [-0.2, -0.15) is 0 Å². The van der Waals surface area contributed by atoms with E-state index in [0.717, 1.165) is 30.2 Å². The van der Waals surface area contributed by atoms with Crippen LogP contribution in [0, 0.1) is 6.92 Å². The highest BCUT2D eigenvalue weighted by atomic mass is 32.1. The molecule has 3 rings (SSSR count). The average molecular weight is 333 g/mol. The molecule has 124 valence electrons. The van der Waals surface area contributed by atoms with E-state index in [9.17, 15) is 4.79 Å². The van der Waals surface area contributed by atoms with Gasteiger partial charge in [-0.15, -0.1) is 11.3 Å². The van der Waals surface area contributed by atoms with E-state index in [1.165, 1.54) is 4.88 Å². The number of hydrogen-bond acceptors (Lipinski definition) is 5. The van der Waals surface area contributed by atoms with Crippen molar-refractivity contribution in [1.29, 1.82) is 0 Å². The van der Waals surface area contributed by atoms with Crippen molar-refractivity contribution in [3.8, 4) is 0 Å². The van der Waals surface area contributed by atoms with Crippen LogP contribution in [0.1, 0.15) is 41.7 Å². The number of imidazole rings is 1. The predicted molar refractivity (Wildman–Crippen MR) is 90.2 cm³/mol. The minimum Gasteiger partial charge on any atom is -0.353 e. The molecule has 1 atom stereocenters. The third-order valence-electron chi connectivity index (χ3n) is 4.17. The van der Waals surface area contributed by atoms with Crippen molar-refractivity contribution in [3.63, 3.8) is 0 Å². The lowest BCUT2D eigenvalue weighted by molar-refractivity contribution is -0.124. The van der Waals surface area contributed by atoms with Gasteiger partial charge in [-0.3, -0.25) is 9.69 Å². The summed E-state index contributed by atoms with van der Waals surface area (Å²) in [6.07, 6.45) is 1.81. The van der Waals surface area contributed by atoms with Crippen molar-refractivity contribution < 1.29 is 4.79 Å². The van der Waals surface area contributed by atoms with Gasteiger partial charge in [0.25, 0.3) is 0 Å². The number of rotatable bonds is 4. The van der Waals surface area contributed by atoms with E-state index in [0.29, 0.717) is 6.54 Å². The number of thiazole rings is 1. The SMILES string of the molecule is Cc1ncsc1CN1Cc2ncn(C)c2[C@H](C(=O)NC(C)C)C1. The molecule has 1 aliphatic heterocycles. The maximum Gasteiger partial charge on any atom is 0.230 e. The highest BCUT2D eigenvalue weighted by Gasteiger charge is 2.34. The monoisotopic (exact) mass is 333 g/mol. The molecule has 0 aromatic carbocycles. The first-order valence-corrected chi connectivity index (χ1v) is 8.75. The third kappa shape index (κ3) is 3.30. The number of carbonyl (C=O) groups excluding carboxylic acids is 1. The molecule has 0 saturated heterocycles. The lowest BCUT2D eigenvalue weighted by atomic mass is 9.96. The van der Waals surface area contributed by atoms with E-state index in [4.69, 9.17) is 0 Å². The number of amides is 1. The van der Waals surface area contributed by atoms with Crippen LogP contribution in [0.15, 0.2) is 11.8 Å². The number of aromatic nitrogens is 3. The Labute approximate surface area is 140 Å². The Kier molecular flexibility index (Phi) is 4.50. The molecule has 0 unspecified atom stereocenters. The Balaban J connectivity index is 1.84. The highest BCUT2D eigenvalue weighted by molar-refractivity contribution is 7.09. The molecule has 1 amide bonds. The van der Waals surface area contributed by atoms with Crippen LogP contribution in [-0.2, 0) is 24.9 Å². The van der Waals surface area contributed by atoms with E-state index < -0.39 is 0 Å². The molecule has 0 fully saturated rings. The van der Waals surface area contributed by atoms with E-state index in [-0.39, 0.29) is 17.9 Å². The van der Waals surface area contributed by atoms with Gasteiger partial charge >= 0.3 is 0 Å². The van der Waals surface area contributed by atoms with Gasteiger partial charge in [0.05, 0.1) is 34.8 Å². The molecule has 23 heavy (non-hydrogen) atoms. The summed E-state index contributed by atoms with van der Waals surface area (Å²) in [7, 11) is 1.96. The van der Waals surface area contributed by atoms with Crippen LogP contribution < -0.4 is 5.32 Å². The maximum absolute atomic E-state index is 12.6. The van der Waals surface area contributed by atoms with Crippen molar-refractivity contribution in [1.82, 2.24) is 24.8 Å². The van der Waals surface area contributed by atoms with Gasteiger partial charge in [0, 0.05) is 37.6 Å². The molecule has 2 aromatic rings. The summed E-state index contributed by atoms with van der Waals surface area (Å²) in [5.41, 5.74) is 5.00. The van der Waals surface area contributed by atoms with Crippen LogP contribution in [0.3, 0.4) is 0 Å². The normalized spacial score (nSPS) is 18.2. The fourth-order valence-electron chi connectivity index (χ4n) is 3.07. The van der Waals surface area contributed by atoms with Crippen molar-refractivity contribution in [3.05, 3.63) is 33.8 Å². The maximum atomic E-state index is 12.6. The zero-order chi connectivity index (χ0) is 16.6. The predicted octanol–water partition coefficient (Wildman–Crippen LogP) is 1.81. The first kappa shape index (κ1) is 16.1. The summed E-state index contributed by atoms with van der Waals surface area (Å²) in [4.78, 5) is 25.0. The van der Waals surface area contributed by atoms with Gasteiger partial charge in [0.15, 0.2) is 0 Å². The minimum atomic E-state index is -0.179. The molecular weight excluding hydrogens is 310 g/mol. The number of carbonyl (C=O) groups is 1. The van der Waals surface area contributed by atoms with Crippen LogP contribution in [0.2, 0.25) is 0 Å². The molecular formula is C16H23N5OS. The highest BCUT2D eigenvalue weighted by Crippen LogP contribution is 2.29. The third-order valence-corrected chi connectivity index (χ3v) is 5.09. The fraction of sp³-hybridized carbons (Fsp3) is 0.562. The first-order valence-electron chi connectivity index (χ1n) is 7.87. The number of hydrogen-bond donors (Lipinski definition) is 1. The number of aryl methyl sites for hydroxylation is 2. The van der Waals surface area contributed by atoms with Crippen molar-refractivity contribution in [2.45, 2.75) is 45.8 Å². The lowest BCUT2D eigenvalue weighted by Crippen LogP contribution is -2.43. The van der Waals surface area contributed by atoms with Gasteiger partial charge in [-0.25, -0.2) is 9.97 Å². The molecule has 0 aliphatic carbocycles. The Morgan fingerprint density at radius 3 is 2.91 bits per heavy atom. The summed E-state index contributed by atoms with van der Waals surface area (Å²) in [5, 5.41) is 3.04. The van der Waals surface area contributed by atoms with E-state index in [2.05, 4.69) is 20.2 Å². The van der Waals surface area contributed by atoms with Crippen LogP contribution in [-0.4, -0.2) is 37.9 Å². The molecule has 3 heterocycles. The van der Waals surface area contributed by atoms with E-state index >= 15 is 0 Å². The number of fused-ring (bicyclic) bond motifs is 1. The Morgan fingerprint density at radius 1 is 1.48 bits per heavy atom. The van der Waals surface area contributed by atoms with Gasteiger partial charge in [-0.1, -0.05) is 0 Å². The number of nitrogens with zero attached hydrogens (tertiary/aromatic N) is 4. The molecule has 1 N–H and O–H groups in total. The summed E-state index contributed by atoms with van der Waals surface area (Å²) in [6.45, 7) is 8.32. The second-order valence-corrected chi connectivity index (χ2v) is 7.37. The zero-order valence-corrected chi connectivity index (χ0v) is 14.9. The Morgan fingerprint density at radius 2 is 2.26 bits per heavy atom. The second kappa shape index (κ2) is 6.41. The summed E-state index contributed by atoms with van der Waals surface area (Å²) in [5.74, 6) is -0.0996. The average Bonchev–Trinajstić information content (AvgIpc) is 3.05. The second-order valence-electron chi connectivity index (χ2n) is 6.43. The fourth-order valence-corrected chi connectivity index (χ4v) is 3.89. The van der Waals surface area contributed by atoms with Crippen LogP contribution >= 0.6 is 11.3 Å². The lowest BCUT2D eigenvalue weighted by Gasteiger charge is -2.32. The topological polar surface area (TPSA) is 63.1 Å². The molecule has 0 bridgehead atoms. The van der Waals surface area contributed by atoms with Crippen molar-refractivity contribution >= 4 is 17.2 Å². The summed E-state index contributed by atoms with van der Waals surface area (Å²) >= 11 is 1.67. The minimum absolute atomic E-state index is 0.0792. The summed E-state index contributed by atoms with van der Waals surface area (Å²) in [6, 6.07) is 0.137. The largest absolute Gasteiger partial charge is 0.353 e. The smallest absolute Gasteiger partial charge is 0.230 e. The molecule has 0 spiro atoms. The molecule has 0 saturated carbocycles. The molecule has 1 aliphatic rings. The van der Waals surface area contributed by atoms with Crippen LogP contribution in [0.4, 0.5) is 0 Å². The van der Waals surface area contributed by atoms with Crippen molar-refractivity contribution in [2.24, 2.45) is 7.05 Å². The van der Waals surface area contributed by atoms with E-state index in [1.807, 2.05) is 44.2 Å². The van der Waals surface area contributed by atoms with Crippen LogP contribution in [0.25, 0.3) is 0 Å². The van der Waals surface area contributed by atoms with Gasteiger partial charge in [0.2, 0.25) is 5.91 Å². The summed E-state index contributed by atoms with van der Waals surface area (Å²) < 4.78 is 1.98. The first-order chi connectivity index (χ1) is 11.0. The van der Waals surface area contributed by atoms with Gasteiger partial charge in [-0.05, 0) is 20.8 Å². The quantitative estimate of drug-likeness (QED) is 0.927. The Bertz CT molecular complexity index is 705. The van der Waals surface area contributed by atoms with Gasteiger partial charge in [0.1, 0.15) is 0 Å². The molecule has 0 radical (unpaired) electrons. The van der Waals surface area contributed by atoms with Crippen molar-refractivity contribution in [2.75, 3.05) is 6.54 Å². The molecule has 7 heteroatoms.